The smallest absolute Gasteiger partial charge is 0.325 e. The van der Waals surface area contributed by atoms with E-state index in [1.807, 2.05) is 6.92 Å². The number of carbonyl (C=O) groups excluding carboxylic acids is 3. The van der Waals surface area contributed by atoms with Crippen LogP contribution in [-0.4, -0.2) is 80.0 Å². The average Bonchev–Trinajstić information content (AvgIpc) is 2.50. The van der Waals surface area contributed by atoms with Gasteiger partial charge >= 0.3 is 12.0 Å². The van der Waals surface area contributed by atoms with Gasteiger partial charge in [0.2, 0.25) is 5.91 Å². The molecule has 1 saturated heterocycles. The van der Waals surface area contributed by atoms with Crippen LogP contribution in [0.25, 0.3) is 0 Å². The van der Waals surface area contributed by atoms with Crippen molar-refractivity contribution in [3.8, 4) is 0 Å². The molecule has 1 unspecified atom stereocenters. The molecule has 1 aliphatic rings. The Morgan fingerprint density at radius 1 is 1.29 bits per heavy atom. The van der Waals surface area contributed by atoms with Gasteiger partial charge in [-0.1, -0.05) is 0 Å². The number of esters is 1. The van der Waals surface area contributed by atoms with Crippen molar-refractivity contribution in [1.29, 1.82) is 0 Å². The maximum absolute atomic E-state index is 12.5. The number of nitrogens with zero attached hydrogens (tertiary/aromatic N) is 3. The summed E-state index contributed by atoms with van der Waals surface area (Å²) in [6.45, 7) is 3.32. The van der Waals surface area contributed by atoms with E-state index in [4.69, 9.17) is 0 Å². The van der Waals surface area contributed by atoms with Crippen LogP contribution in [0.15, 0.2) is 0 Å². The molecular weight excluding hydrogens is 274 g/mol. The summed E-state index contributed by atoms with van der Waals surface area (Å²) in [6.07, 6.45) is 1.54. The largest absolute Gasteiger partial charge is 0.468 e. The van der Waals surface area contributed by atoms with Crippen LogP contribution in [0.1, 0.15) is 19.8 Å². The van der Waals surface area contributed by atoms with Crippen molar-refractivity contribution in [2.45, 2.75) is 19.8 Å². The minimum atomic E-state index is -0.428. The molecule has 1 fully saturated rings. The summed E-state index contributed by atoms with van der Waals surface area (Å²) in [7, 11) is 4.70. The van der Waals surface area contributed by atoms with Crippen LogP contribution in [0.4, 0.5) is 4.79 Å². The molecule has 1 atom stereocenters. The van der Waals surface area contributed by atoms with Gasteiger partial charge in [-0.15, -0.1) is 0 Å². The van der Waals surface area contributed by atoms with Gasteiger partial charge < -0.3 is 19.4 Å². The second-order valence-electron chi connectivity index (χ2n) is 5.39. The zero-order valence-corrected chi connectivity index (χ0v) is 13.3. The molecule has 0 aromatic carbocycles. The molecule has 0 bridgehead atoms. The summed E-state index contributed by atoms with van der Waals surface area (Å²) in [4.78, 5) is 40.5. The van der Waals surface area contributed by atoms with E-state index in [9.17, 15) is 14.4 Å². The van der Waals surface area contributed by atoms with E-state index in [1.165, 1.54) is 16.9 Å². The number of amides is 3. The van der Waals surface area contributed by atoms with E-state index in [0.717, 1.165) is 12.8 Å². The van der Waals surface area contributed by atoms with Crippen LogP contribution in [-0.2, 0) is 14.3 Å². The van der Waals surface area contributed by atoms with Crippen molar-refractivity contribution in [2.75, 3.05) is 47.4 Å². The highest BCUT2D eigenvalue weighted by Gasteiger charge is 2.32. The molecule has 0 N–H and O–H groups in total. The summed E-state index contributed by atoms with van der Waals surface area (Å²) < 4.78 is 4.61. The van der Waals surface area contributed by atoms with Crippen molar-refractivity contribution in [3.63, 3.8) is 0 Å². The van der Waals surface area contributed by atoms with Crippen LogP contribution in [0.5, 0.6) is 0 Å². The third-order valence-corrected chi connectivity index (χ3v) is 3.66. The number of rotatable bonds is 4. The first-order chi connectivity index (χ1) is 9.90. The molecule has 1 aliphatic heterocycles. The molecule has 0 aliphatic carbocycles. The van der Waals surface area contributed by atoms with Crippen molar-refractivity contribution in [3.05, 3.63) is 0 Å². The quantitative estimate of drug-likeness (QED) is 0.705. The number of methoxy groups -OCH3 is 1. The van der Waals surface area contributed by atoms with Crippen LogP contribution >= 0.6 is 0 Å². The first kappa shape index (κ1) is 17.3. The van der Waals surface area contributed by atoms with Crippen LogP contribution in [0, 0.1) is 5.92 Å². The summed E-state index contributed by atoms with van der Waals surface area (Å²) in [5.74, 6) is -0.756. The Bertz CT molecular complexity index is 398. The molecule has 0 aromatic rings. The molecule has 7 heteroatoms. The van der Waals surface area contributed by atoms with Crippen LogP contribution in [0.2, 0.25) is 0 Å². The number of ether oxygens (including phenoxy) is 1. The molecule has 0 spiro atoms. The first-order valence-corrected chi connectivity index (χ1v) is 7.22. The number of carbonyl (C=O) groups is 3. The highest BCUT2D eigenvalue weighted by molar-refractivity contribution is 5.84. The van der Waals surface area contributed by atoms with E-state index in [1.54, 1.807) is 19.0 Å². The van der Waals surface area contributed by atoms with Crippen molar-refractivity contribution >= 4 is 17.9 Å². The fraction of sp³-hybridized carbons (Fsp3) is 0.786. The Morgan fingerprint density at radius 3 is 2.48 bits per heavy atom. The zero-order chi connectivity index (χ0) is 16.0. The summed E-state index contributed by atoms with van der Waals surface area (Å²) in [5.41, 5.74) is 0. The number of likely N-dealkylation sites (N-methyl/N-ethyl adjacent to an activating group) is 1. The van der Waals surface area contributed by atoms with Gasteiger partial charge in [-0.2, -0.15) is 0 Å². The Balaban J connectivity index is 2.67. The number of urea groups is 1. The average molecular weight is 299 g/mol. The number of hydrogen-bond acceptors (Lipinski definition) is 4. The van der Waals surface area contributed by atoms with Crippen molar-refractivity contribution in [1.82, 2.24) is 14.7 Å². The Hall–Kier alpha value is -1.79. The van der Waals surface area contributed by atoms with E-state index >= 15 is 0 Å². The van der Waals surface area contributed by atoms with Crippen molar-refractivity contribution in [2.24, 2.45) is 5.92 Å². The topological polar surface area (TPSA) is 70.2 Å². The van der Waals surface area contributed by atoms with E-state index in [-0.39, 0.29) is 24.4 Å². The minimum Gasteiger partial charge on any atom is -0.468 e. The van der Waals surface area contributed by atoms with Gasteiger partial charge in [0.1, 0.15) is 6.54 Å². The fourth-order valence-corrected chi connectivity index (χ4v) is 2.46. The van der Waals surface area contributed by atoms with Gasteiger partial charge in [0.05, 0.1) is 13.0 Å². The van der Waals surface area contributed by atoms with Gasteiger partial charge in [-0.05, 0) is 19.8 Å². The highest BCUT2D eigenvalue weighted by Crippen LogP contribution is 2.19. The highest BCUT2D eigenvalue weighted by atomic mass is 16.5. The second-order valence-corrected chi connectivity index (χ2v) is 5.39. The molecule has 0 saturated carbocycles. The lowest BCUT2D eigenvalue weighted by Crippen LogP contribution is -2.50. The maximum atomic E-state index is 12.5. The third kappa shape index (κ3) is 4.61. The number of piperidine rings is 1. The monoisotopic (exact) mass is 299 g/mol. The Morgan fingerprint density at radius 2 is 1.95 bits per heavy atom. The van der Waals surface area contributed by atoms with Gasteiger partial charge in [-0.25, -0.2) is 4.79 Å². The summed E-state index contributed by atoms with van der Waals surface area (Å²) >= 11 is 0. The predicted molar refractivity (Wildman–Crippen MR) is 77.7 cm³/mol. The standard InChI is InChI=1S/C14H25N3O4/c1-5-16(10-12(18)21-4)13(19)11-7-6-8-17(9-11)14(20)15(2)3/h11H,5-10H2,1-4H3. The maximum Gasteiger partial charge on any atom is 0.325 e. The van der Waals surface area contributed by atoms with Gasteiger partial charge in [0, 0.05) is 33.7 Å². The molecule has 0 aromatic heterocycles. The Labute approximate surface area is 125 Å². The number of likely N-dealkylation sites (tertiary alicyclic amines) is 1. The van der Waals surface area contributed by atoms with Crippen LogP contribution < -0.4 is 0 Å². The minimum absolute atomic E-state index is 0.0377. The molecular formula is C14H25N3O4. The first-order valence-electron chi connectivity index (χ1n) is 7.22. The fourth-order valence-electron chi connectivity index (χ4n) is 2.46. The molecule has 21 heavy (non-hydrogen) atoms. The number of hydrogen-bond donors (Lipinski definition) is 0. The molecule has 7 nitrogen and oxygen atoms in total. The second kappa shape index (κ2) is 7.85. The molecule has 1 heterocycles. The molecule has 0 radical (unpaired) electrons. The molecule has 120 valence electrons. The normalized spacial score (nSPS) is 18.1. The SMILES string of the molecule is CCN(CC(=O)OC)C(=O)C1CCCN(C(=O)N(C)C)C1. The Kier molecular flexibility index (Phi) is 6.45. The summed E-state index contributed by atoms with van der Waals surface area (Å²) in [5, 5.41) is 0. The lowest BCUT2D eigenvalue weighted by atomic mass is 9.96. The van der Waals surface area contributed by atoms with Gasteiger partial charge in [0.15, 0.2) is 0 Å². The summed E-state index contributed by atoms with van der Waals surface area (Å²) in [6, 6.07) is -0.0801. The zero-order valence-electron chi connectivity index (χ0n) is 13.3. The predicted octanol–water partition coefficient (Wildman–Crippen LogP) is 0.402. The molecule has 3 amide bonds. The lowest BCUT2D eigenvalue weighted by Gasteiger charge is -2.35. The van der Waals surface area contributed by atoms with E-state index in [2.05, 4.69) is 4.74 Å². The van der Waals surface area contributed by atoms with Gasteiger partial charge in [-0.3, -0.25) is 9.59 Å². The van der Waals surface area contributed by atoms with E-state index < -0.39 is 5.97 Å². The molecule has 1 rings (SSSR count). The van der Waals surface area contributed by atoms with Gasteiger partial charge in [0.25, 0.3) is 0 Å². The van der Waals surface area contributed by atoms with E-state index in [0.29, 0.717) is 19.6 Å². The van der Waals surface area contributed by atoms with Crippen molar-refractivity contribution < 1.29 is 19.1 Å². The van der Waals surface area contributed by atoms with Crippen LogP contribution in [0.3, 0.4) is 0 Å². The lowest BCUT2D eigenvalue weighted by molar-refractivity contribution is -0.149. The third-order valence-electron chi connectivity index (χ3n) is 3.66.